The van der Waals surface area contributed by atoms with Gasteiger partial charge in [-0.05, 0) is 89.3 Å². The minimum absolute atomic E-state index is 0.912. The van der Waals surface area contributed by atoms with Crippen molar-refractivity contribution in [1.82, 2.24) is 0 Å². The Morgan fingerprint density at radius 2 is 0.974 bits per heavy atom. The lowest BCUT2D eigenvalue weighted by Crippen LogP contribution is -2.46. The van der Waals surface area contributed by atoms with Gasteiger partial charge in [0.1, 0.15) is 0 Å². The highest BCUT2D eigenvalue weighted by atomic mass is 79.9. The monoisotopic (exact) mass is 580 g/mol. The summed E-state index contributed by atoms with van der Waals surface area (Å²) in [5.41, 5.74) is 5.64. The number of benzene rings is 8. The predicted octanol–water partition coefficient (Wildman–Crippen LogP) is 9.83. The van der Waals surface area contributed by atoms with Gasteiger partial charge in [0.15, 0.2) is 0 Å². The quantitative estimate of drug-likeness (QED) is 0.141. The lowest BCUT2D eigenvalue weighted by molar-refractivity contribution is 0.657. The molecule has 2 aliphatic heterocycles. The van der Waals surface area contributed by atoms with Crippen LogP contribution in [0.4, 0.5) is 11.4 Å². The average molecular weight is 582 g/mol. The summed E-state index contributed by atoms with van der Waals surface area (Å²) in [7, 11) is 0. The zero-order valence-corrected chi connectivity index (χ0v) is 23.4. The summed E-state index contributed by atoms with van der Waals surface area (Å²) in [5.74, 6) is 0. The van der Waals surface area contributed by atoms with E-state index >= 15 is 0 Å². The summed E-state index contributed by atoms with van der Waals surface area (Å²) in [4.78, 5) is 6.25. The number of thiol groups is 1. The Kier molecular flexibility index (Phi) is 3.83. The molecule has 0 N–H and O–H groups in total. The summed E-state index contributed by atoms with van der Waals surface area (Å²) < 4.78 is 1.16. The maximum Gasteiger partial charge on any atom is 0.0910 e. The van der Waals surface area contributed by atoms with Gasteiger partial charge in [-0.25, -0.2) is 0 Å². The Labute approximate surface area is 238 Å². The van der Waals surface area contributed by atoms with E-state index < -0.39 is 0 Å². The van der Waals surface area contributed by atoms with Gasteiger partial charge in [0.2, 0.25) is 0 Å². The fourth-order valence-electron chi connectivity index (χ4n) is 7.80. The molecule has 8 aromatic carbocycles. The molecular formula is C35H21BrN2S. The highest BCUT2D eigenvalue weighted by Gasteiger charge is 2.33. The molecule has 2 nitrogen and oxygen atoms in total. The van der Waals surface area contributed by atoms with Gasteiger partial charge in [-0.15, -0.1) is 12.6 Å². The normalized spacial score (nSPS) is 15.0. The van der Waals surface area contributed by atoms with Crippen LogP contribution in [0.3, 0.4) is 0 Å². The zero-order valence-electron chi connectivity index (χ0n) is 20.9. The Bertz CT molecular complexity index is 2190. The average Bonchev–Trinajstić information content (AvgIpc) is 2.95. The van der Waals surface area contributed by atoms with Crippen molar-refractivity contribution in [2.24, 2.45) is 0 Å². The molecule has 0 aliphatic carbocycles. The van der Waals surface area contributed by atoms with Crippen molar-refractivity contribution in [3.05, 3.63) is 101 Å². The Hall–Kier alpha value is -3.73. The molecule has 0 aromatic heterocycles. The molecule has 0 amide bonds. The maximum absolute atomic E-state index is 4.80. The van der Waals surface area contributed by atoms with E-state index in [1.54, 1.807) is 0 Å². The smallest absolute Gasteiger partial charge is 0.0910 e. The molecule has 8 aromatic rings. The van der Waals surface area contributed by atoms with Gasteiger partial charge in [-0.1, -0.05) is 76.6 Å². The van der Waals surface area contributed by atoms with Crippen molar-refractivity contribution >= 4 is 105 Å². The number of fused-ring (bicyclic) bond motifs is 8. The van der Waals surface area contributed by atoms with Crippen LogP contribution in [0, 0.1) is 0 Å². The van der Waals surface area contributed by atoms with Gasteiger partial charge in [0.05, 0.1) is 18.0 Å². The molecule has 0 fully saturated rings. The summed E-state index contributed by atoms with van der Waals surface area (Å²) >= 11 is 8.61. The summed E-state index contributed by atoms with van der Waals surface area (Å²) in [6, 6.07) is 32.1. The summed E-state index contributed by atoms with van der Waals surface area (Å²) in [6.07, 6.45) is 0. The summed E-state index contributed by atoms with van der Waals surface area (Å²) in [5, 5.41) is 16.0. The molecule has 0 spiro atoms. The number of hydrogen-bond acceptors (Lipinski definition) is 3. The topological polar surface area (TPSA) is 6.48 Å². The van der Waals surface area contributed by atoms with Crippen molar-refractivity contribution in [2.45, 2.75) is 18.0 Å². The first-order valence-electron chi connectivity index (χ1n) is 13.5. The highest BCUT2D eigenvalue weighted by molar-refractivity contribution is 9.10. The van der Waals surface area contributed by atoms with Crippen molar-refractivity contribution in [2.75, 3.05) is 16.5 Å². The van der Waals surface area contributed by atoms with Gasteiger partial charge in [-0.2, -0.15) is 0 Å². The summed E-state index contributed by atoms with van der Waals surface area (Å²) in [6.45, 7) is 2.75. The molecule has 2 heterocycles. The number of anilines is 2. The van der Waals surface area contributed by atoms with E-state index in [-0.39, 0.29) is 0 Å². The van der Waals surface area contributed by atoms with Crippen molar-refractivity contribution in [3.63, 3.8) is 0 Å². The maximum atomic E-state index is 4.80. The van der Waals surface area contributed by atoms with Gasteiger partial charge in [-0.3, -0.25) is 0 Å². The Morgan fingerprint density at radius 3 is 1.62 bits per heavy atom. The lowest BCUT2D eigenvalue weighted by atomic mass is 9.87. The first-order chi connectivity index (χ1) is 19.1. The number of halogens is 1. The van der Waals surface area contributed by atoms with Crippen LogP contribution < -0.4 is 9.80 Å². The molecule has 184 valence electrons. The van der Waals surface area contributed by atoms with Crippen LogP contribution in [-0.2, 0) is 13.1 Å². The largest absolute Gasteiger partial charge is 0.349 e. The third-order valence-electron chi connectivity index (χ3n) is 9.29. The second-order valence-corrected chi connectivity index (χ2v) is 12.6. The highest BCUT2D eigenvalue weighted by Crippen LogP contribution is 2.50. The number of hydrogen-bond donors (Lipinski definition) is 1. The molecule has 0 atom stereocenters. The van der Waals surface area contributed by atoms with Crippen LogP contribution in [0.25, 0.3) is 64.6 Å². The third kappa shape index (κ3) is 2.55. The van der Waals surface area contributed by atoms with Crippen LogP contribution in [0.1, 0.15) is 11.1 Å². The first-order valence-corrected chi connectivity index (χ1v) is 14.7. The molecule has 0 saturated heterocycles. The minimum Gasteiger partial charge on any atom is -0.349 e. The van der Waals surface area contributed by atoms with Gasteiger partial charge in [0.25, 0.3) is 0 Å². The van der Waals surface area contributed by atoms with Crippen LogP contribution in [-0.4, -0.2) is 6.67 Å². The second-order valence-electron chi connectivity index (χ2n) is 11.3. The fraction of sp³-hybridized carbons (Fsp3) is 0.0857. The van der Waals surface area contributed by atoms with E-state index in [9.17, 15) is 0 Å². The first kappa shape index (κ1) is 21.1. The molecule has 0 radical (unpaired) electrons. The van der Waals surface area contributed by atoms with E-state index in [2.05, 4.69) is 111 Å². The number of nitrogens with zero attached hydrogens (tertiary/aromatic N) is 2. The third-order valence-corrected chi connectivity index (χ3v) is 10.4. The SMILES string of the molecule is Sc1ccc2ccc3c4c(cc5ccc1c2c53)CN1CN4Cc2cc3ccc4c(Br)ccc5ccc(c21)c3c54. The Balaban J connectivity index is 1.25. The standard InChI is InChI=1S/C35H21BrN2S/c36-28-11-5-18-1-9-26-32-20(3-7-24(28)30(18)32)13-22-15-38-17-37(34(22)26)16-23-14-21-4-8-25-29(39)12-6-19-2-10-27(35(23)38)33(21)31(19)25/h1-14,39H,15-17H2. The van der Waals surface area contributed by atoms with Crippen molar-refractivity contribution in [3.8, 4) is 0 Å². The molecule has 39 heavy (non-hydrogen) atoms. The van der Waals surface area contributed by atoms with E-state index in [4.69, 9.17) is 12.6 Å². The Morgan fingerprint density at radius 1 is 0.513 bits per heavy atom. The zero-order chi connectivity index (χ0) is 25.6. The van der Waals surface area contributed by atoms with Gasteiger partial charge in [0, 0.05) is 33.2 Å². The van der Waals surface area contributed by atoms with Crippen molar-refractivity contribution < 1.29 is 0 Å². The number of rotatable bonds is 0. The van der Waals surface area contributed by atoms with Crippen LogP contribution in [0.2, 0.25) is 0 Å². The van der Waals surface area contributed by atoms with Gasteiger partial charge < -0.3 is 9.80 Å². The van der Waals surface area contributed by atoms with Gasteiger partial charge >= 0.3 is 0 Å². The molecule has 4 heteroatoms. The molecule has 0 unspecified atom stereocenters. The molecule has 2 bridgehead atoms. The lowest BCUT2D eigenvalue weighted by Gasteiger charge is -2.46. The van der Waals surface area contributed by atoms with E-state index in [1.807, 2.05) is 0 Å². The molecule has 10 rings (SSSR count). The van der Waals surface area contributed by atoms with Crippen LogP contribution in [0.15, 0.2) is 94.3 Å². The predicted molar refractivity (Wildman–Crippen MR) is 172 cm³/mol. The fourth-order valence-corrected chi connectivity index (χ4v) is 8.52. The van der Waals surface area contributed by atoms with E-state index in [0.717, 1.165) is 29.1 Å². The van der Waals surface area contributed by atoms with Crippen LogP contribution in [0.5, 0.6) is 0 Å². The second kappa shape index (κ2) is 7.07. The molecular weight excluding hydrogens is 560 g/mol. The minimum atomic E-state index is 0.912. The molecule has 0 saturated carbocycles. The molecule has 2 aliphatic rings. The van der Waals surface area contributed by atoms with E-state index in [0.29, 0.717) is 0 Å². The van der Waals surface area contributed by atoms with E-state index in [1.165, 1.54) is 87.1 Å². The van der Waals surface area contributed by atoms with Crippen LogP contribution >= 0.6 is 28.6 Å². The van der Waals surface area contributed by atoms with Crippen molar-refractivity contribution in [1.29, 1.82) is 0 Å².